The fraction of sp³-hybridized carbons (Fsp3) is 0.312. The first kappa shape index (κ1) is 27.8. The number of hydrogen-bond donors (Lipinski definition) is 2. The fourth-order valence-corrected chi connectivity index (χ4v) is 4.90. The van der Waals surface area contributed by atoms with Crippen molar-refractivity contribution in [3.8, 4) is 17.2 Å². The van der Waals surface area contributed by atoms with Crippen LogP contribution in [0, 0.1) is 0 Å². The van der Waals surface area contributed by atoms with Gasteiger partial charge in [-0.25, -0.2) is 0 Å². The number of aromatic hydroxyl groups is 1. The predicted octanol–water partition coefficient (Wildman–Crippen LogP) is 6.67. The van der Waals surface area contributed by atoms with Crippen LogP contribution in [0.3, 0.4) is 0 Å². The molecule has 0 radical (unpaired) electrons. The van der Waals surface area contributed by atoms with Gasteiger partial charge >= 0.3 is 0 Å². The van der Waals surface area contributed by atoms with Crippen LogP contribution >= 0.6 is 0 Å². The summed E-state index contributed by atoms with van der Waals surface area (Å²) >= 11 is 0. The predicted molar refractivity (Wildman–Crippen MR) is 152 cm³/mol. The van der Waals surface area contributed by atoms with Crippen molar-refractivity contribution in [1.29, 1.82) is 0 Å². The zero-order chi connectivity index (χ0) is 28.4. The molecule has 3 aromatic carbocycles. The summed E-state index contributed by atoms with van der Waals surface area (Å²) in [7, 11) is 1.44. The second kappa shape index (κ2) is 11.2. The monoisotopic (exact) mass is 529 g/mol. The number of benzene rings is 3. The van der Waals surface area contributed by atoms with Crippen LogP contribution in [-0.4, -0.2) is 35.6 Å². The molecule has 1 saturated heterocycles. The van der Waals surface area contributed by atoms with Crippen molar-refractivity contribution >= 4 is 23.1 Å². The lowest BCUT2D eigenvalue weighted by molar-refractivity contribution is -0.132. The summed E-state index contributed by atoms with van der Waals surface area (Å²) in [6, 6.07) is 16.4. The van der Waals surface area contributed by atoms with E-state index in [1.165, 1.54) is 18.1 Å². The first-order valence-electron chi connectivity index (χ1n) is 13.1. The summed E-state index contributed by atoms with van der Waals surface area (Å²) < 4.78 is 10.9. The highest BCUT2D eigenvalue weighted by Gasteiger charge is 2.47. The van der Waals surface area contributed by atoms with Gasteiger partial charge in [-0.05, 0) is 77.9 Å². The van der Waals surface area contributed by atoms with Gasteiger partial charge in [0.15, 0.2) is 11.5 Å². The zero-order valence-corrected chi connectivity index (χ0v) is 23.2. The molecule has 1 fully saturated rings. The van der Waals surface area contributed by atoms with Crippen molar-refractivity contribution in [2.75, 3.05) is 18.6 Å². The molecule has 1 aliphatic rings. The maximum atomic E-state index is 13.5. The lowest BCUT2D eigenvalue weighted by Gasteiger charge is -2.26. The maximum absolute atomic E-state index is 13.5. The number of phenolic OH excluding ortho intramolecular Hbond substituents is 1. The Bertz CT molecular complexity index is 1420. The number of amides is 1. The quantitative estimate of drug-likeness (QED) is 0.192. The Hall–Kier alpha value is -4.26. The number of Topliss-reactive ketones (excluding diaryl/α,β-unsaturated/α-hetero) is 1. The number of hydrogen-bond acceptors (Lipinski definition) is 6. The number of rotatable bonds is 8. The Morgan fingerprint density at radius 1 is 0.923 bits per heavy atom. The van der Waals surface area contributed by atoms with Gasteiger partial charge in [-0.3, -0.25) is 14.5 Å². The summed E-state index contributed by atoms with van der Waals surface area (Å²) in [4.78, 5) is 28.4. The minimum atomic E-state index is -0.972. The molecule has 7 heteroatoms. The number of carbonyl (C=O) groups excluding carboxylic acids is 2. The van der Waals surface area contributed by atoms with E-state index in [1.807, 2.05) is 32.9 Å². The van der Waals surface area contributed by atoms with Crippen molar-refractivity contribution < 1.29 is 29.3 Å². The fourth-order valence-electron chi connectivity index (χ4n) is 4.90. The van der Waals surface area contributed by atoms with E-state index < -0.39 is 17.7 Å². The van der Waals surface area contributed by atoms with E-state index in [4.69, 9.17) is 9.47 Å². The van der Waals surface area contributed by atoms with Crippen molar-refractivity contribution in [1.82, 2.24) is 0 Å². The van der Waals surface area contributed by atoms with Crippen molar-refractivity contribution in [3.05, 3.63) is 88.5 Å². The molecule has 1 amide bonds. The van der Waals surface area contributed by atoms with Gasteiger partial charge in [-0.15, -0.1) is 0 Å². The molecule has 39 heavy (non-hydrogen) atoms. The molecule has 0 saturated carbocycles. The summed E-state index contributed by atoms with van der Waals surface area (Å²) in [5.41, 5.74) is 3.27. The van der Waals surface area contributed by atoms with E-state index in [1.54, 1.807) is 42.5 Å². The molecular formula is C32H35NO6. The van der Waals surface area contributed by atoms with E-state index in [0.717, 1.165) is 11.1 Å². The lowest BCUT2D eigenvalue weighted by Crippen LogP contribution is -2.29. The Balaban J connectivity index is 1.93. The van der Waals surface area contributed by atoms with Crippen molar-refractivity contribution in [3.63, 3.8) is 0 Å². The van der Waals surface area contributed by atoms with E-state index in [-0.39, 0.29) is 28.7 Å². The minimum absolute atomic E-state index is 0.0589. The molecule has 0 aromatic heterocycles. The highest BCUT2D eigenvalue weighted by atomic mass is 16.5. The second-order valence-corrected chi connectivity index (χ2v) is 10.2. The van der Waals surface area contributed by atoms with Crippen LogP contribution in [0.25, 0.3) is 5.76 Å². The Morgan fingerprint density at radius 3 is 2.15 bits per heavy atom. The average Bonchev–Trinajstić information content (AvgIpc) is 3.18. The first-order valence-corrected chi connectivity index (χ1v) is 13.1. The first-order chi connectivity index (χ1) is 18.6. The Morgan fingerprint density at radius 2 is 1.59 bits per heavy atom. The van der Waals surface area contributed by atoms with Crippen LogP contribution in [0.15, 0.2) is 66.2 Å². The topological polar surface area (TPSA) is 96.3 Å². The summed E-state index contributed by atoms with van der Waals surface area (Å²) in [5, 5.41) is 22.1. The molecule has 1 aliphatic heterocycles. The molecule has 4 rings (SSSR count). The molecule has 1 unspecified atom stereocenters. The number of methoxy groups -OCH3 is 1. The number of ketones is 1. The number of carbonyl (C=O) groups is 2. The van der Waals surface area contributed by atoms with Gasteiger partial charge in [0.25, 0.3) is 11.7 Å². The summed E-state index contributed by atoms with van der Waals surface area (Å²) in [6.45, 7) is 10.6. The maximum Gasteiger partial charge on any atom is 0.300 e. The van der Waals surface area contributed by atoms with Crippen molar-refractivity contribution in [2.24, 2.45) is 0 Å². The standard InChI is InChI=1S/C32H35NO6/c1-7-39-26-14-11-22(16-24(26)19(4)5)30(35)28-29(21-10-15-27(38-6)25(34)17-21)33(32(37)31(28)36)23-12-8-20(9-13-23)18(2)3/h8-19,29,34-35H,7H2,1-6H3/b30-28-. The minimum Gasteiger partial charge on any atom is -0.507 e. The molecule has 0 aliphatic carbocycles. The van der Waals surface area contributed by atoms with Gasteiger partial charge in [-0.1, -0.05) is 45.9 Å². The highest BCUT2D eigenvalue weighted by Crippen LogP contribution is 2.44. The molecule has 204 valence electrons. The van der Waals surface area contributed by atoms with Crippen LogP contribution in [-0.2, 0) is 9.59 Å². The van der Waals surface area contributed by atoms with Crippen molar-refractivity contribution in [2.45, 2.75) is 52.5 Å². The van der Waals surface area contributed by atoms with Crippen LogP contribution < -0.4 is 14.4 Å². The Labute approximate surface area is 229 Å². The molecule has 0 spiro atoms. The number of phenols is 1. The van der Waals surface area contributed by atoms with E-state index in [9.17, 15) is 19.8 Å². The van der Waals surface area contributed by atoms with Gasteiger partial charge < -0.3 is 19.7 Å². The van der Waals surface area contributed by atoms with Crippen LogP contribution in [0.1, 0.15) is 74.8 Å². The van der Waals surface area contributed by atoms with Gasteiger partial charge in [0.1, 0.15) is 11.5 Å². The number of aliphatic hydroxyl groups excluding tert-OH is 1. The van der Waals surface area contributed by atoms with E-state index in [0.29, 0.717) is 35.1 Å². The Kier molecular flexibility index (Phi) is 8.00. The lowest BCUT2D eigenvalue weighted by atomic mass is 9.92. The zero-order valence-electron chi connectivity index (χ0n) is 23.2. The molecule has 2 N–H and O–H groups in total. The third-order valence-corrected chi connectivity index (χ3v) is 7.01. The van der Waals surface area contributed by atoms with Gasteiger partial charge in [0.05, 0.1) is 25.3 Å². The van der Waals surface area contributed by atoms with E-state index >= 15 is 0 Å². The van der Waals surface area contributed by atoms with E-state index in [2.05, 4.69) is 13.8 Å². The second-order valence-electron chi connectivity index (χ2n) is 10.2. The highest BCUT2D eigenvalue weighted by molar-refractivity contribution is 6.51. The molecular weight excluding hydrogens is 494 g/mol. The van der Waals surface area contributed by atoms with Gasteiger partial charge in [-0.2, -0.15) is 0 Å². The molecule has 1 heterocycles. The summed E-state index contributed by atoms with van der Waals surface area (Å²) in [5.74, 6) is -0.658. The smallest absolute Gasteiger partial charge is 0.300 e. The third-order valence-electron chi connectivity index (χ3n) is 7.01. The number of anilines is 1. The molecule has 7 nitrogen and oxygen atoms in total. The SMILES string of the molecule is CCOc1ccc(/C(O)=C2/C(=O)C(=O)N(c3ccc(C(C)C)cc3)C2c2ccc(OC)c(O)c2)cc1C(C)C. The van der Waals surface area contributed by atoms with Gasteiger partial charge in [0, 0.05) is 11.3 Å². The average molecular weight is 530 g/mol. The van der Waals surface area contributed by atoms with Gasteiger partial charge in [0.2, 0.25) is 0 Å². The normalized spacial score (nSPS) is 16.8. The third kappa shape index (κ3) is 5.21. The molecule has 1 atom stereocenters. The van der Waals surface area contributed by atoms with Crippen LogP contribution in [0.5, 0.6) is 17.2 Å². The van der Waals surface area contributed by atoms with Crippen LogP contribution in [0.2, 0.25) is 0 Å². The molecule has 0 bridgehead atoms. The number of aliphatic hydroxyl groups is 1. The largest absolute Gasteiger partial charge is 0.507 e. The van der Waals surface area contributed by atoms with Crippen LogP contribution in [0.4, 0.5) is 5.69 Å². The number of ether oxygens (including phenoxy) is 2. The number of nitrogens with zero attached hydrogens (tertiary/aromatic N) is 1. The summed E-state index contributed by atoms with van der Waals surface area (Å²) in [6.07, 6.45) is 0. The molecule has 3 aromatic rings.